The van der Waals surface area contributed by atoms with Gasteiger partial charge in [-0.1, -0.05) is 35.9 Å². The van der Waals surface area contributed by atoms with E-state index in [0.29, 0.717) is 28.3 Å². The Morgan fingerprint density at radius 3 is 2.59 bits per heavy atom. The van der Waals surface area contributed by atoms with Gasteiger partial charge in [-0.25, -0.2) is 0 Å². The number of ether oxygens (including phenoxy) is 2. The van der Waals surface area contributed by atoms with Crippen LogP contribution in [0.5, 0.6) is 11.5 Å². The first-order chi connectivity index (χ1) is 16.3. The summed E-state index contributed by atoms with van der Waals surface area (Å²) in [4.78, 5) is 23.1. The van der Waals surface area contributed by atoms with Gasteiger partial charge in [-0.15, -0.1) is 0 Å². The van der Waals surface area contributed by atoms with Crippen LogP contribution in [-0.2, 0) is 11.4 Å². The number of non-ortho nitro benzene ring substituents is 1. The van der Waals surface area contributed by atoms with Gasteiger partial charge >= 0.3 is 0 Å². The van der Waals surface area contributed by atoms with E-state index in [1.807, 2.05) is 32.0 Å². The molecule has 0 heterocycles. The second-order valence-electron chi connectivity index (χ2n) is 7.57. The van der Waals surface area contributed by atoms with Crippen LogP contribution in [0.1, 0.15) is 22.3 Å². The van der Waals surface area contributed by atoms with Crippen molar-refractivity contribution < 1.29 is 19.2 Å². The van der Waals surface area contributed by atoms with Gasteiger partial charge in [0.05, 0.1) is 12.0 Å². The fourth-order valence-electron chi connectivity index (χ4n) is 3.27. The highest BCUT2D eigenvalue weighted by Crippen LogP contribution is 2.30. The van der Waals surface area contributed by atoms with E-state index in [1.165, 1.54) is 25.3 Å². The highest BCUT2D eigenvalue weighted by molar-refractivity contribution is 6.10. The normalized spacial score (nSPS) is 10.8. The highest BCUT2D eigenvalue weighted by Gasteiger charge is 2.13. The average molecular weight is 457 g/mol. The number of carbonyl (C=O) groups is 1. The number of nitrogens with zero attached hydrogens (tertiary/aromatic N) is 2. The van der Waals surface area contributed by atoms with Crippen molar-refractivity contribution in [1.29, 1.82) is 5.26 Å². The Bertz CT molecular complexity index is 1310. The maximum atomic E-state index is 12.6. The molecule has 0 atom stereocenters. The second kappa shape index (κ2) is 10.8. The molecule has 3 aromatic carbocycles. The molecule has 8 heteroatoms. The summed E-state index contributed by atoms with van der Waals surface area (Å²) < 4.78 is 11.2. The van der Waals surface area contributed by atoms with Gasteiger partial charge < -0.3 is 14.8 Å². The minimum atomic E-state index is -0.514. The molecule has 0 unspecified atom stereocenters. The zero-order valence-electron chi connectivity index (χ0n) is 19.0. The molecule has 172 valence electrons. The Labute approximate surface area is 197 Å². The van der Waals surface area contributed by atoms with Crippen LogP contribution in [0.3, 0.4) is 0 Å². The summed E-state index contributed by atoms with van der Waals surface area (Å²) in [5, 5.41) is 23.2. The van der Waals surface area contributed by atoms with Crippen LogP contribution in [0.15, 0.2) is 66.2 Å². The number of aryl methyl sites for hydroxylation is 2. The molecule has 3 aromatic rings. The van der Waals surface area contributed by atoms with E-state index in [2.05, 4.69) is 5.32 Å². The van der Waals surface area contributed by atoms with Crippen molar-refractivity contribution in [2.45, 2.75) is 20.5 Å². The number of nitriles is 1. The van der Waals surface area contributed by atoms with E-state index in [4.69, 9.17) is 9.47 Å². The van der Waals surface area contributed by atoms with Gasteiger partial charge in [-0.2, -0.15) is 5.26 Å². The van der Waals surface area contributed by atoms with E-state index in [0.717, 1.165) is 11.1 Å². The van der Waals surface area contributed by atoms with E-state index in [-0.39, 0.29) is 17.9 Å². The van der Waals surface area contributed by atoms with Crippen LogP contribution in [0.4, 0.5) is 11.4 Å². The zero-order valence-corrected chi connectivity index (χ0v) is 19.0. The number of nitrogens with one attached hydrogen (secondary N) is 1. The Morgan fingerprint density at radius 2 is 1.91 bits per heavy atom. The highest BCUT2D eigenvalue weighted by atomic mass is 16.6. The third-order valence-corrected chi connectivity index (χ3v) is 5.01. The molecular formula is C26H23N3O5. The molecule has 0 bridgehead atoms. The molecule has 0 aromatic heterocycles. The lowest BCUT2D eigenvalue weighted by molar-refractivity contribution is -0.384. The third kappa shape index (κ3) is 5.99. The molecule has 3 rings (SSSR count). The zero-order chi connectivity index (χ0) is 24.7. The van der Waals surface area contributed by atoms with Gasteiger partial charge in [0.1, 0.15) is 18.2 Å². The van der Waals surface area contributed by atoms with Crippen LogP contribution in [0, 0.1) is 35.3 Å². The Balaban J connectivity index is 1.76. The number of benzene rings is 3. The fourth-order valence-corrected chi connectivity index (χ4v) is 3.27. The molecule has 0 aliphatic carbocycles. The number of rotatable bonds is 8. The van der Waals surface area contributed by atoms with Gasteiger partial charge in [0.25, 0.3) is 11.6 Å². The smallest absolute Gasteiger partial charge is 0.269 e. The molecule has 0 saturated heterocycles. The summed E-state index contributed by atoms with van der Waals surface area (Å²) in [6.07, 6.45) is 1.46. The molecular weight excluding hydrogens is 434 g/mol. The number of anilines is 1. The van der Waals surface area contributed by atoms with Crippen molar-refractivity contribution in [3.63, 3.8) is 0 Å². The summed E-state index contributed by atoms with van der Waals surface area (Å²) in [6.45, 7) is 3.95. The fraction of sp³-hybridized carbons (Fsp3) is 0.154. The predicted octanol–water partition coefficient (Wildman–Crippen LogP) is 5.34. The topological polar surface area (TPSA) is 114 Å². The lowest BCUT2D eigenvalue weighted by Crippen LogP contribution is -2.14. The SMILES string of the molecule is COc1cc(/C=C(\C#N)C(=O)Nc2ccc(C)cc2C)ccc1OCc1cccc([N+](=O)[O-])c1. The lowest BCUT2D eigenvalue weighted by atomic mass is 10.1. The summed E-state index contributed by atoms with van der Waals surface area (Å²) in [6, 6.07) is 18.7. The summed E-state index contributed by atoms with van der Waals surface area (Å²) >= 11 is 0. The molecule has 1 N–H and O–H groups in total. The minimum absolute atomic E-state index is 0.0170. The summed E-state index contributed by atoms with van der Waals surface area (Å²) in [5.74, 6) is 0.301. The standard InChI is InChI=1S/C26H23N3O5/c1-17-7-9-23(18(2)11-17)28-26(30)21(15-27)12-19-8-10-24(25(14-19)33-3)34-16-20-5-4-6-22(13-20)29(31)32/h4-14H,16H2,1-3H3,(H,28,30)/b21-12+. The van der Waals surface area contributed by atoms with Crippen molar-refractivity contribution >= 4 is 23.4 Å². The molecule has 34 heavy (non-hydrogen) atoms. The van der Waals surface area contributed by atoms with Gasteiger partial charge in [0, 0.05) is 17.8 Å². The number of nitro benzene ring substituents is 1. The van der Waals surface area contributed by atoms with Crippen LogP contribution >= 0.6 is 0 Å². The molecule has 1 amide bonds. The predicted molar refractivity (Wildman–Crippen MR) is 129 cm³/mol. The average Bonchev–Trinajstić information content (AvgIpc) is 2.83. The monoisotopic (exact) mass is 457 g/mol. The third-order valence-electron chi connectivity index (χ3n) is 5.01. The largest absolute Gasteiger partial charge is 0.493 e. The first kappa shape index (κ1) is 24.0. The van der Waals surface area contributed by atoms with Gasteiger partial charge in [-0.3, -0.25) is 14.9 Å². The maximum Gasteiger partial charge on any atom is 0.269 e. The first-order valence-corrected chi connectivity index (χ1v) is 10.3. The number of methoxy groups -OCH3 is 1. The molecule has 0 spiro atoms. The number of hydrogen-bond acceptors (Lipinski definition) is 6. The number of hydrogen-bond donors (Lipinski definition) is 1. The van der Waals surface area contributed by atoms with E-state index in [1.54, 1.807) is 36.4 Å². The molecule has 0 saturated carbocycles. The van der Waals surface area contributed by atoms with Crippen molar-refractivity contribution in [3.05, 3.63) is 98.6 Å². The number of carbonyl (C=O) groups excluding carboxylic acids is 1. The summed E-state index contributed by atoms with van der Waals surface area (Å²) in [7, 11) is 1.47. The summed E-state index contributed by atoms with van der Waals surface area (Å²) in [5.41, 5.74) is 3.74. The van der Waals surface area contributed by atoms with Gasteiger partial charge in [0.2, 0.25) is 0 Å². The molecule has 8 nitrogen and oxygen atoms in total. The van der Waals surface area contributed by atoms with Gasteiger partial charge in [-0.05, 0) is 54.8 Å². The van der Waals surface area contributed by atoms with Crippen LogP contribution in [0.25, 0.3) is 6.08 Å². The Hall–Kier alpha value is -4.64. The number of amides is 1. The quantitative estimate of drug-likeness (QED) is 0.211. The van der Waals surface area contributed by atoms with Crippen LogP contribution in [-0.4, -0.2) is 17.9 Å². The van der Waals surface area contributed by atoms with Crippen molar-refractivity contribution in [2.24, 2.45) is 0 Å². The Morgan fingerprint density at radius 1 is 1.12 bits per heavy atom. The molecule has 0 radical (unpaired) electrons. The Kier molecular flexibility index (Phi) is 7.62. The maximum absolute atomic E-state index is 12.6. The molecule has 0 fully saturated rings. The van der Waals surface area contributed by atoms with E-state index in [9.17, 15) is 20.2 Å². The molecule has 0 aliphatic heterocycles. The first-order valence-electron chi connectivity index (χ1n) is 10.3. The van der Waals surface area contributed by atoms with E-state index >= 15 is 0 Å². The molecule has 0 aliphatic rings. The van der Waals surface area contributed by atoms with E-state index < -0.39 is 10.8 Å². The lowest BCUT2D eigenvalue weighted by Gasteiger charge is -2.12. The number of nitro groups is 1. The van der Waals surface area contributed by atoms with Crippen LogP contribution < -0.4 is 14.8 Å². The second-order valence-corrected chi connectivity index (χ2v) is 7.57. The van der Waals surface area contributed by atoms with Gasteiger partial charge in [0.15, 0.2) is 11.5 Å². The van der Waals surface area contributed by atoms with Crippen molar-refractivity contribution in [1.82, 2.24) is 0 Å². The van der Waals surface area contributed by atoms with Crippen molar-refractivity contribution in [2.75, 3.05) is 12.4 Å². The van der Waals surface area contributed by atoms with Crippen molar-refractivity contribution in [3.8, 4) is 17.6 Å². The minimum Gasteiger partial charge on any atom is -0.493 e. The van der Waals surface area contributed by atoms with Crippen LogP contribution in [0.2, 0.25) is 0 Å².